The summed E-state index contributed by atoms with van der Waals surface area (Å²) >= 11 is 0. The standard InChI is InChI=1S/C13H15F3N2O3/c1-11(2,3)17-10(19)18-13(12(14,15)16)20-8-6-4-5-7-9(8)21-13/h4-7H,1-3H3,(H2,17,18,19). The summed E-state index contributed by atoms with van der Waals surface area (Å²) in [6.45, 7) is 4.91. The molecule has 2 N–H and O–H groups in total. The third kappa shape index (κ3) is 3.14. The number of alkyl halides is 3. The van der Waals surface area contributed by atoms with Crippen molar-refractivity contribution in [1.82, 2.24) is 10.6 Å². The SMILES string of the molecule is CC(C)(C)NC(=O)NC1(C(F)(F)F)Oc2ccccc2O1. The van der Waals surface area contributed by atoms with Gasteiger partial charge in [-0.25, -0.2) is 4.79 Å². The minimum atomic E-state index is -4.96. The van der Waals surface area contributed by atoms with Crippen molar-refractivity contribution in [3.05, 3.63) is 24.3 Å². The molecule has 0 aromatic heterocycles. The molecule has 0 bridgehead atoms. The Bertz CT molecular complexity index is 527. The molecule has 21 heavy (non-hydrogen) atoms. The van der Waals surface area contributed by atoms with Gasteiger partial charge in [-0.3, -0.25) is 5.32 Å². The van der Waals surface area contributed by atoms with E-state index in [4.69, 9.17) is 9.47 Å². The minimum Gasteiger partial charge on any atom is -0.424 e. The molecule has 0 radical (unpaired) electrons. The summed E-state index contributed by atoms with van der Waals surface area (Å²) < 4.78 is 49.5. The molecule has 2 amide bonds. The van der Waals surface area contributed by atoms with Crippen LogP contribution in [0.1, 0.15) is 20.8 Å². The highest BCUT2D eigenvalue weighted by atomic mass is 19.4. The van der Waals surface area contributed by atoms with Gasteiger partial charge in [-0.05, 0) is 32.9 Å². The van der Waals surface area contributed by atoms with Gasteiger partial charge in [0.15, 0.2) is 11.5 Å². The Balaban J connectivity index is 2.25. The Kier molecular flexibility index (Phi) is 3.43. The van der Waals surface area contributed by atoms with E-state index >= 15 is 0 Å². The zero-order chi connectivity index (χ0) is 15.9. The molecule has 0 saturated heterocycles. The van der Waals surface area contributed by atoms with Gasteiger partial charge in [-0.2, -0.15) is 13.2 Å². The maximum Gasteiger partial charge on any atom is 0.492 e. The van der Waals surface area contributed by atoms with Gasteiger partial charge >= 0.3 is 18.1 Å². The molecule has 5 nitrogen and oxygen atoms in total. The Morgan fingerprint density at radius 2 is 1.57 bits per heavy atom. The van der Waals surface area contributed by atoms with E-state index in [-0.39, 0.29) is 11.5 Å². The summed E-state index contributed by atoms with van der Waals surface area (Å²) in [5.74, 6) is -3.41. The lowest BCUT2D eigenvalue weighted by Crippen LogP contribution is -2.67. The van der Waals surface area contributed by atoms with Crippen molar-refractivity contribution in [3.63, 3.8) is 0 Å². The molecule has 1 aromatic carbocycles. The van der Waals surface area contributed by atoms with E-state index in [2.05, 4.69) is 5.32 Å². The summed E-state index contributed by atoms with van der Waals surface area (Å²) in [5.41, 5.74) is -0.706. The number of amides is 2. The molecule has 1 aliphatic rings. The first-order valence-corrected chi connectivity index (χ1v) is 6.16. The maximum absolute atomic E-state index is 13.3. The Labute approximate surface area is 119 Å². The average Bonchev–Trinajstić information content (AvgIpc) is 2.64. The molecule has 0 unspecified atom stereocenters. The van der Waals surface area contributed by atoms with E-state index in [9.17, 15) is 18.0 Å². The molecular formula is C13H15F3N2O3. The largest absolute Gasteiger partial charge is 0.492 e. The van der Waals surface area contributed by atoms with Crippen molar-refractivity contribution < 1.29 is 27.4 Å². The number of ether oxygens (including phenoxy) is 2. The second-order valence-corrected chi connectivity index (χ2v) is 5.59. The molecule has 1 heterocycles. The van der Waals surface area contributed by atoms with E-state index in [0.29, 0.717) is 0 Å². The van der Waals surface area contributed by atoms with Crippen LogP contribution in [0.3, 0.4) is 0 Å². The summed E-state index contributed by atoms with van der Waals surface area (Å²) in [6, 6.07) is 4.61. The second-order valence-electron chi connectivity index (χ2n) is 5.59. The first kappa shape index (κ1) is 15.3. The smallest absolute Gasteiger partial charge is 0.424 e. The van der Waals surface area contributed by atoms with E-state index in [1.807, 2.05) is 0 Å². The number of rotatable bonds is 1. The monoisotopic (exact) mass is 304 g/mol. The second kappa shape index (κ2) is 4.71. The lowest BCUT2D eigenvalue weighted by Gasteiger charge is -2.31. The normalized spacial score (nSPS) is 16.5. The molecular weight excluding hydrogens is 289 g/mol. The number of urea groups is 1. The van der Waals surface area contributed by atoms with Crippen LogP contribution in [0.5, 0.6) is 11.5 Å². The Morgan fingerprint density at radius 1 is 1.10 bits per heavy atom. The van der Waals surface area contributed by atoms with E-state index in [1.54, 1.807) is 26.1 Å². The van der Waals surface area contributed by atoms with Gasteiger partial charge in [0, 0.05) is 5.54 Å². The Hall–Kier alpha value is -2.12. The Morgan fingerprint density at radius 3 is 1.95 bits per heavy atom. The predicted octanol–water partition coefficient (Wildman–Crippen LogP) is 2.77. The zero-order valence-electron chi connectivity index (χ0n) is 11.7. The minimum absolute atomic E-state index is 0.0918. The fraction of sp³-hybridized carbons (Fsp3) is 0.462. The van der Waals surface area contributed by atoms with Crippen molar-refractivity contribution in [2.75, 3.05) is 0 Å². The van der Waals surface area contributed by atoms with Crippen molar-refractivity contribution in [2.45, 2.75) is 38.4 Å². The predicted molar refractivity (Wildman–Crippen MR) is 67.9 cm³/mol. The lowest BCUT2D eigenvalue weighted by atomic mass is 10.1. The van der Waals surface area contributed by atoms with Crippen LogP contribution in [0, 0.1) is 0 Å². The van der Waals surface area contributed by atoms with Gasteiger partial charge in [-0.15, -0.1) is 0 Å². The van der Waals surface area contributed by atoms with Crippen LogP contribution >= 0.6 is 0 Å². The molecule has 1 aromatic rings. The first-order chi connectivity index (χ1) is 9.52. The first-order valence-electron chi connectivity index (χ1n) is 6.16. The number of halogens is 3. The lowest BCUT2D eigenvalue weighted by molar-refractivity contribution is -0.317. The third-order valence-corrected chi connectivity index (χ3v) is 2.50. The van der Waals surface area contributed by atoms with Crippen LogP contribution in [0.25, 0.3) is 0 Å². The van der Waals surface area contributed by atoms with Crippen LogP contribution in [-0.2, 0) is 0 Å². The summed E-state index contributed by atoms with van der Waals surface area (Å²) in [6.07, 6.45) is -4.96. The molecule has 0 spiro atoms. The fourth-order valence-corrected chi connectivity index (χ4v) is 1.71. The van der Waals surface area contributed by atoms with Gasteiger partial charge in [0.25, 0.3) is 0 Å². The highest BCUT2D eigenvalue weighted by molar-refractivity contribution is 5.75. The summed E-state index contributed by atoms with van der Waals surface area (Å²) in [4.78, 5) is 11.7. The molecule has 2 rings (SSSR count). The highest BCUT2D eigenvalue weighted by Crippen LogP contribution is 2.44. The molecule has 116 valence electrons. The summed E-state index contributed by atoms with van der Waals surface area (Å²) in [5, 5.41) is 4.08. The quantitative estimate of drug-likeness (QED) is 0.838. The van der Waals surface area contributed by atoms with Crippen molar-refractivity contribution in [2.24, 2.45) is 0 Å². The van der Waals surface area contributed by atoms with Crippen molar-refractivity contribution >= 4 is 6.03 Å². The van der Waals surface area contributed by atoms with E-state index in [0.717, 1.165) is 0 Å². The molecule has 8 heteroatoms. The van der Waals surface area contributed by atoms with Crippen LogP contribution in [0.15, 0.2) is 24.3 Å². The number of benzene rings is 1. The van der Waals surface area contributed by atoms with E-state index < -0.39 is 23.7 Å². The molecule has 0 fully saturated rings. The van der Waals surface area contributed by atoms with E-state index in [1.165, 1.54) is 24.3 Å². The van der Waals surface area contributed by atoms with Crippen LogP contribution in [-0.4, -0.2) is 23.7 Å². The molecule has 0 atom stereocenters. The molecule has 1 aliphatic heterocycles. The number of fused-ring (bicyclic) bond motifs is 1. The number of hydrogen-bond donors (Lipinski definition) is 2. The van der Waals surface area contributed by atoms with Crippen LogP contribution in [0.2, 0.25) is 0 Å². The third-order valence-electron chi connectivity index (χ3n) is 2.50. The van der Waals surface area contributed by atoms with Crippen LogP contribution < -0.4 is 20.1 Å². The van der Waals surface area contributed by atoms with Crippen LogP contribution in [0.4, 0.5) is 18.0 Å². The zero-order valence-corrected chi connectivity index (χ0v) is 11.7. The number of para-hydroxylation sites is 2. The van der Waals surface area contributed by atoms with Gasteiger partial charge in [0.05, 0.1) is 0 Å². The average molecular weight is 304 g/mol. The van der Waals surface area contributed by atoms with Crippen molar-refractivity contribution in [3.8, 4) is 11.5 Å². The number of hydrogen-bond acceptors (Lipinski definition) is 3. The topological polar surface area (TPSA) is 59.6 Å². The van der Waals surface area contributed by atoms with Gasteiger partial charge in [-0.1, -0.05) is 12.1 Å². The number of carbonyl (C=O) groups excluding carboxylic acids is 1. The summed E-state index contributed by atoms with van der Waals surface area (Å²) in [7, 11) is 0. The van der Waals surface area contributed by atoms with Gasteiger partial charge < -0.3 is 14.8 Å². The maximum atomic E-state index is 13.3. The molecule has 0 saturated carbocycles. The van der Waals surface area contributed by atoms with Gasteiger partial charge in [0.2, 0.25) is 0 Å². The number of nitrogens with one attached hydrogen (secondary N) is 2. The highest BCUT2D eigenvalue weighted by Gasteiger charge is 2.65. The molecule has 0 aliphatic carbocycles. The van der Waals surface area contributed by atoms with Crippen molar-refractivity contribution in [1.29, 1.82) is 0 Å². The van der Waals surface area contributed by atoms with Gasteiger partial charge in [0.1, 0.15) is 0 Å². The number of carbonyl (C=O) groups is 1. The fourth-order valence-electron chi connectivity index (χ4n) is 1.71.